The Labute approximate surface area is 170 Å². The van der Waals surface area contributed by atoms with Crippen molar-refractivity contribution >= 4 is 33.3 Å². The fourth-order valence-corrected chi connectivity index (χ4v) is 2.91. The topological polar surface area (TPSA) is 77.5 Å². The summed E-state index contributed by atoms with van der Waals surface area (Å²) in [6.07, 6.45) is 3.06. The van der Waals surface area contributed by atoms with Gasteiger partial charge in [-0.25, -0.2) is 0 Å². The molecule has 1 heterocycles. The second-order valence-corrected chi connectivity index (χ2v) is 6.64. The van der Waals surface area contributed by atoms with Crippen molar-refractivity contribution in [1.82, 2.24) is 4.98 Å². The molecule has 0 aliphatic carbocycles. The van der Waals surface area contributed by atoms with E-state index < -0.39 is 0 Å². The second kappa shape index (κ2) is 9.14. The SMILES string of the molecule is COc1cncc(NC(=O)COc2ccc(C(=O)c3ccccc3Br)cc2)c1. The molecule has 1 aromatic heterocycles. The molecule has 0 radical (unpaired) electrons. The van der Waals surface area contributed by atoms with Crippen LogP contribution in [0, 0.1) is 0 Å². The lowest BCUT2D eigenvalue weighted by Gasteiger charge is -2.09. The lowest BCUT2D eigenvalue weighted by atomic mass is 10.0. The van der Waals surface area contributed by atoms with Gasteiger partial charge in [0.15, 0.2) is 12.4 Å². The van der Waals surface area contributed by atoms with E-state index in [0.29, 0.717) is 28.3 Å². The van der Waals surface area contributed by atoms with E-state index in [0.717, 1.165) is 4.47 Å². The van der Waals surface area contributed by atoms with Gasteiger partial charge in [0.05, 0.1) is 25.2 Å². The molecule has 3 aromatic rings. The Bertz CT molecular complexity index is 990. The number of halogens is 1. The highest BCUT2D eigenvalue weighted by molar-refractivity contribution is 9.10. The molecule has 1 N–H and O–H groups in total. The predicted octanol–water partition coefficient (Wildman–Crippen LogP) is 4.10. The number of anilines is 1. The summed E-state index contributed by atoms with van der Waals surface area (Å²) in [6, 6.07) is 15.6. The largest absolute Gasteiger partial charge is 0.495 e. The molecule has 3 rings (SSSR count). The number of rotatable bonds is 7. The van der Waals surface area contributed by atoms with Crippen molar-refractivity contribution < 1.29 is 19.1 Å². The van der Waals surface area contributed by atoms with Crippen molar-refractivity contribution in [3.8, 4) is 11.5 Å². The number of amides is 1. The molecule has 0 spiro atoms. The normalized spacial score (nSPS) is 10.2. The number of carbonyl (C=O) groups is 2. The van der Waals surface area contributed by atoms with Crippen molar-refractivity contribution in [1.29, 1.82) is 0 Å². The first-order valence-corrected chi connectivity index (χ1v) is 9.17. The molecule has 0 aliphatic rings. The maximum absolute atomic E-state index is 12.5. The van der Waals surface area contributed by atoms with E-state index >= 15 is 0 Å². The first-order valence-electron chi connectivity index (χ1n) is 8.38. The highest BCUT2D eigenvalue weighted by atomic mass is 79.9. The van der Waals surface area contributed by atoms with Crippen LogP contribution in [-0.4, -0.2) is 30.4 Å². The van der Waals surface area contributed by atoms with E-state index in [4.69, 9.17) is 9.47 Å². The van der Waals surface area contributed by atoms with Crippen molar-refractivity contribution in [2.45, 2.75) is 0 Å². The molecule has 0 saturated carbocycles. The molecule has 6 nitrogen and oxygen atoms in total. The van der Waals surface area contributed by atoms with Gasteiger partial charge in [0.1, 0.15) is 11.5 Å². The summed E-state index contributed by atoms with van der Waals surface area (Å²) in [5.74, 6) is 0.609. The minimum absolute atomic E-state index is 0.0951. The van der Waals surface area contributed by atoms with Crippen molar-refractivity contribution in [2.24, 2.45) is 0 Å². The lowest BCUT2D eigenvalue weighted by molar-refractivity contribution is -0.118. The zero-order valence-electron chi connectivity index (χ0n) is 15.0. The second-order valence-electron chi connectivity index (χ2n) is 5.78. The van der Waals surface area contributed by atoms with Gasteiger partial charge >= 0.3 is 0 Å². The number of aromatic nitrogens is 1. The Morgan fingerprint density at radius 1 is 1.04 bits per heavy atom. The Hall–Kier alpha value is -3.19. The van der Waals surface area contributed by atoms with Crippen LogP contribution in [0.4, 0.5) is 5.69 Å². The molecule has 0 unspecified atom stereocenters. The summed E-state index contributed by atoms with van der Waals surface area (Å²) < 4.78 is 11.3. The van der Waals surface area contributed by atoms with Crippen LogP contribution >= 0.6 is 15.9 Å². The lowest BCUT2D eigenvalue weighted by Crippen LogP contribution is -2.20. The summed E-state index contributed by atoms with van der Waals surface area (Å²) in [4.78, 5) is 28.5. The van der Waals surface area contributed by atoms with Gasteiger partial charge in [0.25, 0.3) is 5.91 Å². The van der Waals surface area contributed by atoms with E-state index in [1.54, 1.807) is 42.6 Å². The monoisotopic (exact) mass is 440 g/mol. The molecular weight excluding hydrogens is 424 g/mol. The molecule has 7 heteroatoms. The summed E-state index contributed by atoms with van der Waals surface area (Å²) in [6.45, 7) is -0.172. The number of ether oxygens (including phenoxy) is 2. The Balaban J connectivity index is 1.57. The Morgan fingerprint density at radius 3 is 2.50 bits per heavy atom. The quantitative estimate of drug-likeness (QED) is 0.559. The molecule has 0 bridgehead atoms. The number of nitrogens with zero attached hydrogens (tertiary/aromatic N) is 1. The van der Waals surface area contributed by atoms with Crippen LogP contribution in [0.3, 0.4) is 0 Å². The molecule has 0 atom stereocenters. The number of benzene rings is 2. The van der Waals surface area contributed by atoms with Gasteiger partial charge in [-0.2, -0.15) is 0 Å². The summed E-state index contributed by atoms with van der Waals surface area (Å²) in [7, 11) is 1.52. The number of hydrogen-bond acceptors (Lipinski definition) is 5. The van der Waals surface area contributed by atoms with Crippen LogP contribution in [0.5, 0.6) is 11.5 Å². The van der Waals surface area contributed by atoms with Crippen LogP contribution in [0.1, 0.15) is 15.9 Å². The van der Waals surface area contributed by atoms with Crippen molar-refractivity contribution in [2.75, 3.05) is 19.0 Å². The van der Waals surface area contributed by atoms with Gasteiger partial charge in [0.2, 0.25) is 0 Å². The fraction of sp³-hybridized carbons (Fsp3) is 0.0952. The maximum atomic E-state index is 12.5. The number of carbonyl (C=O) groups excluding carboxylic acids is 2. The van der Waals surface area contributed by atoms with E-state index in [1.807, 2.05) is 18.2 Å². The van der Waals surface area contributed by atoms with Crippen molar-refractivity contribution in [3.63, 3.8) is 0 Å². The van der Waals surface area contributed by atoms with Gasteiger partial charge < -0.3 is 14.8 Å². The number of ketones is 1. The van der Waals surface area contributed by atoms with Gasteiger partial charge in [-0.05, 0) is 36.4 Å². The molecule has 0 aliphatic heterocycles. The fourth-order valence-electron chi connectivity index (χ4n) is 2.45. The summed E-state index contributed by atoms with van der Waals surface area (Å²) in [5, 5.41) is 2.68. The molecule has 0 saturated heterocycles. The molecule has 28 heavy (non-hydrogen) atoms. The predicted molar refractivity (Wildman–Crippen MR) is 109 cm³/mol. The summed E-state index contributed by atoms with van der Waals surface area (Å²) in [5.41, 5.74) is 1.64. The van der Waals surface area contributed by atoms with Crippen LogP contribution in [0.25, 0.3) is 0 Å². The highest BCUT2D eigenvalue weighted by Gasteiger charge is 2.12. The Kier molecular flexibility index (Phi) is 6.39. The average molecular weight is 441 g/mol. The molecule has 1 amide bonds. The standard InChI is InChI=1S/C21H17BrN2O4/c1-27-17-10-15(11-23-12-17)24-20(25)13-28-16-8-6-14(7-9-16)21(26)18-4-2-3-5-19(18)22/h2-12H,13H2,1H3,(H,24,25). The summed E-state index contributed by atoms with van der Waals surface area (Å²) >= 11 is 3.38. The maximum Gasteiger partial charge on any atom is 0.262 e. The van der Waals surface area contributed by atoms with Gasteiger partial charge in [0, 0.05) is 21.7 Å². The molecule has 142 valence electrons. The van der Waals surface area contributed by atoms with Crippen LogP contribution in [0.2, 0.25) is 0 Å². The Morgan fingerprint density at radius 2 is 1.79 bits per heavy atom. The molecular formula is C21H17BrN2O4. The highest BCUT2D eigenvalue weighted by Crippen LogP contribution is 2.21. The third-order valence-corrected chi connectivity index (χ3v) is 4.53. The number of hydrogen-bond donors (Lipinski definition) is 1. The molecule has 2 aromatic carbocycles. The average Bonchev–Trinajstić information content (AvgIpc) is 2.72. The first kappa shape index (κ1) is 19.6. The van der Waals surface area contributed by atoms with Gasteiger partial charge in [-0.1, -0.05) is 28.1 Å². The van der Waals surface area contributed by atoms with Crippen LogP contribution in [-0.2, 0) is 4.79 Å². The molecule has 0 fully saturated rings. The first-order chi connectivity index (χ1) is 13.6. The minimum Gasteiger partial charge on any atom is -0.495 e. The van der Waals surface area contributed by atoms with E-state index in [2.05, 4.69) is 26.2 Å². The van der Waals surface area contributed by atoms with Crippen LogP contribution in [0.15, 0.2) is 71.5 Å². The zero-order chi connectivity index (χ0) is 19.9. The van der Waals surface area contributed by atoms with Crippen molar-refractivity contribution in [3.05, 3.63) is 82.6 Å². The van der Waals surface area contributed by atoms with E-state index in [1.165, 1.54) is 13.3 Å². The zero-order valence-corrected chi connectivity index (χ0v) is 16.6. The number of pyridine rings is 1. The third kappa shape index (κ3) is 4.95. The van der Waals surface area contributed by atoms with Gasteiger partial charge in [-0.3, -0.25) is 14.6 Å². The number of methoxy groups -OCH3 is 1. The number of nitrogens with one attached hydrogen (secondary N) is 1. The van der Waals surface area contributed by atoms with Crippen LogP contribution < -0.4 is 14.8 Å². The third-order valence-electron chi connectivity index (χ3n) is 3.84. The minimum atomic E-state index is -0.330. The van der Waals surface area contributed by atoms with E-state index in [-0.39, 0.29) is 18.3 Å². The van der Waals surface area contributed by atoms with Gasteiger partial charge in [-0.15, -0.1) is 0 Å². The smallest absolute Gasteiger partial charge is 0.262 e. The van der Waals surface area contributed by atoms with E-state index in [9.17, 15) is 9.59 Å².